The summed E-state index contributed by atoms with van der Waals surface area (Å²) in [6.45, 7) is 6.32. The van der Waals surface area contributed by atoms with Crippen molar-refractivity contribution in [1.82, 2.24) is 4.90 Å². The number of hydrogen-bond acceptors (Lipinski definition) is 3. The molecule has 15 heavy (non-hydrogen) atoms. The number of piperidine rings is 1. The van der Waals surface area contributed by atoms with E-state index in [1.807, 2.05) is 0 Å². The Morgan fingerprint density at radius 2 is 2.13 bits per heavy atom. The summed E-state index contributed by atoms with van der Waals surface area (Å²) < 4.78 is 5.18. The van der Waals surface area contributed by atoms with Crippen molar-refractivity contribution in [3.63, 3.8) is 0 Å². The third-order valence-electron chi connectivity index (χ3n) is 3.13. The summed E-state index contributed by atoms with van der Waals surface area (Å²) in [5, 5.41) is 0. The lowest BCUT2D eigenvalue weighted by Gasteiger charge is -2.33. The number of rotatable bonds is 5. The van der Waals surface area contributed by atoms with E-state index in [4.69, 9.17) is 22.7 Å². The van der Waals surface area contributed by atoms with Crippen LogP contribution in [-0.4, -0.2) is 43.2 Å². The summed E-state index contributed by atoms with van der Waals surface area (Å²) in [6, 6.07) is 0. The first-order chi connectivity index (χ1) is 7.13. The molecule has 0 saturated carbocycles. The predicted molar refractivity (Wildman–Crippen MR) is 67.0 cm³/mol. The van der Waals surface area contributed by atoms with Gasteiger partial charge in [-0.05, 0) is 31.8 Å². The number of nitrogens with zero attached hydrogens (tertiary/aromatic N) is 1. The maximum absolute atomic E-state index is 5.61. The Morgan fingerprint density at radius 3 is 2.60 bits per heavy atom. The molecule has 2 N–H and O–H groups in total. The molecule has 0 aliphatic carbocycles. The number of thiocarbonyl (C=S) groups is 1. The van der Waals surface area contributed by atoms with Crippen LogP contribution in [0.3, 0.4) is 0 Å². The van der Waals surface area contributed by atoms with E-state index in [1.54, 1.807) is 7.11 Å². The van der Waals surface area contributed by atoms with Gasteiger partial charge in [-0.3, -0.25) is 0 Å². The summed E-state index contributed by atoms with van der Waals surface area (Å²) in [5.74, 6) is 1.07. The third-order valence-corrected chi connectivity index (χ3v) is 3.53. The Hall–Kier alpha value is -0.190. The van der Waals surface area contributed by atoms with Crippen molar-refractivity contribution in [3.8, 4) is 0 Å². The lowest BCUT2D eigenvalue weighted by atomic mass is 9.97. The molecule has 1 unspecified atom stereocenters. The van der Waals surface area contributed by atoms with Crippen LogP contribution in [0.15, 0.2) is 0 Å². The quantitative estimate of drug-likeness (QED) is 0.722. The maximum Gasteiger partial charge on any atom is 0.0768 e. The Labute approximate surface area is 98.0 Å². The van der Waals surface area contributed by atoms with Crippen LogP contribution in [0.1, 0.15) is 19.8 Å². The highest BCUT2D eigenvalue weighted by atomic mass is 32.1. The van der Waals surface area contributed by atoms with Crippen LogP contribution >= 0.6 is 12.2 Å². The van der Waals surface area contributed by atoms with Crippen molar-refractivity contribution in [2.75, 3.05) is 33.4 Å². The maximum atomic E-state index is 5.61. The Balaban J connectivity index is 2.22. The van der Waals surface area contributed by atoms with Gasteiger partial charge in [-0.25, -0.2) is 0 Å². The molecule has 0 bridgehead atoms. The van der Waals surface area contributed by atoms with Crippen molar-refractivity contribution in [2.24, 2.45) is 17.6 Å². The lowest BCUT2D eigenvalue weighted by Crippen LogP contribution is -2.40. The molecule has 1 atom stereocenters. The second-order valence-electron chi connectivity index (χ2n) is 4.50. The molecular weight excluding hydrogens is 208 g/mol. The van der Waals surface area contributed by atoms with Gasteiger partial charge >= 0.3 is 0 Å². The Kier molecular flexibility index (Phi) is 5.50. The normalized spacial score (nSPS) is 21.5. The summed E-state index contributed by atoms with van der Waals surface area (Å²) in [5.41, 5.74) is 5.61. The van der Waals surface area contributed by atoms with Crippen LogP contribution in [0.5, 0.6) is 0 Å². The summed E-state index contributed by atoms with van der Waals surface area (Å²) in [7, 11) is 1.78. The zero-order chi connectivity index (χ0) is 11.3. The number of nitrogens with two attached hydrogens (primary N) is 1. The van der Waals surface area contributed by atoms with Crippen molar-refractivity contribution < 1.29 is 4.74 Å². The molecular formula is C11H22N2OS. The van der Waals surface area contributed by atoms with E-state index in [1.165, 1.54) is 12.8 Å². The Morgan fingerprint density at radius 1 is 1.53 bits per heavy atom. The van der Waals surface area contributed by atoms with Gasteiger partial charge in [0.15, 0.2) is 0 Å². The second-order valence-corrected chi connectivity index (χ2v) is 4.97. The van der Waals surface area contributed by atoms with Crippen LogP contribution in [-0.2, 0) is 4.74 Å². The van der Waals surface area contributed by atoms with Gasteiger partial charge in [-0.2, -0.15) is 0 Å². The minimum atomic E-state index is 0.332. The van der Waals surface area contributed by atoms with Gasteiger partial charge < -0.3 is 15.4 Å². The molecule has 1 saturated heterocycles. The van der Waals surface area contributed by atoms with Crippen molar-refractivity contribution >= 4 is 17.2 Å². The fourth-order valence-corrected chi connectivity index (χ4v) is 2.12. The monoisotopic (exact) mass is 230 g/mol. The summed E-state index contributed by atoms with van der Waals surface area (Å²) in [4.78, 5) is 3.09. The van der Waals surface area contributed by atoms with Gasteiger partial charge in [-0.1, -0.05) is 19.1 Å². The highest BCUT2D eigenvalue weighted by Crippen LogP contribution is 2.18. The zero-order valence-electron chi connectivity index (χ0n) is 9.74. The minimum absolute atomic E-state index is 0.332. The molecule has 1 aliphatic heterocycles. The van der Waals surface area contributed by atoms with E-state index in [-0.39, 0.29) is 0 Å². The van der Waals surface area contributed by atoms with Crippen LogP contribution in [0.25, 0.3) is 0 Å². The Bertz CT molecular complexity index is 203. The molecule has 3 nitrogen and oxygen atoms in total. The standard InChI is InChI=1S/C11H22N2OS/c1-9(11(12)15)7-13-5-3-10(4-6-13)8-14-2/h9-10H,3-8H2,1-2H3,(H2,12,15). The fraction of sp³-hybridized carbons (Fsp3) is 0.909. The van der Waals surface area contributed by atoms with Gasteiger partial charge in [0.1, 0.15) is 0 Å². The number of methoxy groups -OCH3 is 1. The first-order valence-electron chi connectivity index (χ1n) is 5.64. The lowest BCUT2D eigenvalue weighted by molar-refractivity contribution is 0.0971. The third kappa shape index (κ3) is 4.45. The van der Waals surface area contributed by atoms with Gasteiger partial charge in [0.05, 0.1) is 4.99 Å². The summed E-state index contributed by atoms with van der Waals surface area (Å²) in [6.07, 6.45) is 2.47. The average molecular weight is 230 g/mol. The SMILES string of the molecule is COCC1CCN(CC(C)C(N)=S)CC1. The van der Waals surface area contributed by atoms with Crippen molar-refractivity contribution in [3.05, 3.63) is 0 Å². The van der Waals surface area contributed by atoms with Crippen LogP contribution in [0, 0.1) is 11.8 Å². The van der Waals surface area contributed by atoms with Crippen LogP contribution < -0.4 is 5.73 Å². The van der Waals surface area contributed by atoms with Gasteiger partial charge in [0.2, 0.25) is 0 Å². The molecule has 0 spiro atoms. The molecule has 1 heterocycles. The predicted octanol–water partition coefficient (Wildman–Crippen LogP) is 1.27. The van der Waals surface area contributed by atoms with Gasteiger partial charge in [0, 0.05) is 26.2 Å². The molecule has 0 radical (unpaired) electrons. The molecule has 1 fully saturated rings. The largest absolute Gasteiger partial charge is 0.393 e. The highest BCUT2D eigenvalue weighted by molar-refractivity contribution is 7.80. The smallest absolute Gasteiger partial charge is 0.0768 e. The first kappa shape index (κ1) is 12.9. The van der Waals surface area contributed by atoms with Crippen LogP contribution in [0.2, 0.25) is 0 Å². The number of ether oxygens (including phenoxy) is 1. The van der Waals surface area contributed by atoms with Gasteiger partial charge in [-0.15, -0.1) is 0 Å². The van der Waals surface area contributed by atoms with Crippen molar-refractivity contribution in [1.29, 1.82) is 0 Å². The topological polar surface area (TPSA) is 38.5 Å². The number of hydrogen-bond donors (Lipinski definition) is 1. The van der Waals surface area contributed by atoms with E-state index in [2.05, 4.69) is 11.8 Å². The molecule has 88 valence electrons. The van der Waals surface area contributed by atoms with E-state index in [0.717, 1.165) is 32.2 Å². The number of likely N-dealkylation sites (tertiary alicyclic amines) is 1. The van der Waals surface area contributed by atoms with E-state index >= 15 is 0 Å². The minimum Gasteiger partial charge on any atom is -0.393 e. The fourth-order valence-electron chi connectivity index (χ4n) is 2.05. The van der Waals surface area contributed by atoms with Crippen LogP contribution in [0.4, 0.5) is 0 Å². The van der Waals surface area contributed by atoms with E-state index in [9.17, 15) is 0 Å². The second kappa shape index (κ2) is 6.40. The molecule has 0 aromatic heterocycles. The molecule has 0 aromatic rings. The molecule has 1 rings (SSSR count). The summed E-state index contributed by atoms with van der Waals surface area (Å²) >= 11 is 4.98. The molecule has 4 heteroatoms. The van der Waals surface area contributed by atoms with Crippen molar-refractivity contribution in [2.45, 2.75) is 19.8 Å². The van der Waals surface area contributed by atoms with Gasteiger partial charge in [0.25, 0.3) is 0 Å². The zero-order valence-corrected chi connectivity index (χ0v) is 10.6. The molecule has 0 amide bonds. The highest BCUT2D eigenvalue weighted by Gasteiger charge is 2.20. The van der Waals surface area contributed by atoms with E-state index < -0.39 is 0 Å². The first-order valence-corrected chi connectivity index (χ1v) is 6.05. The average Bonchev–Trinajstić information content (AvgIpc) is 2.21. The van der Waals surface area contributed by atoms with E-state index in [0.29, 0.717) is 10.9 Å². The molecule has 1 aliphatic rings. The molecule has 0 aromatic carbocycles.